The maximum atomic E-state index is 9.43. The molecule has 2 heterocycles. The van der Waals surface area contributed by atoms with E-state index in [0.717, 1.165) is 44.0 Å². The van der Waals surface area contributed by atoms with Crippen molar-refractivity contribution < 1.29 is 5.11 Å². The van der Waals surface area contributed by atoms with Crippen LogP contribution in [0.1, 0.15) is 32.1 Å². The molecule has 1 aromatic heterocycles. The summed E-state index contributed by atoms with van der Waals surface area (Å²) < 4.78 is 0. The van der Waals surface area contributed by atoms with E-state index in [2.05, 4.69) is 32.3 Å². The number of hydrogen-bond acceptors (Lipinski definition) is 5. The fraction of sp³-hybridized carbons (Fsp3) is 0.625. The molecule has 0 saturated carbocycles. The zero-order chi connectivity index (χ0) is 14.5. The first-order valence-electron chi connectivity index (χ1n) is 7.95. The van der Waals surface area contributed by atoms with Gasteiger partial charge in [0.1, 0.15) is 18.0 Å². The normalized spacial score (nSPS) is 25.3. The Labute approximate surface area is 126 Å². The van der Waals surface area contributed by atoms with E-state index in [-0.39, 0.29) is 12.6 Å². The van der Waals surface area contributed by atoms with Gasteiger partial charge in [0.25, 0.3) is 0 Å². The molecule has 0 radical (unpaired) electrons. The lowest BCUT2D eigenvalue weighted by atomic mass is 9.94. The van der Waals surface area contributed by atoms with Crippen LogP contribution in [0.15, 0.2) is 24.5 Å². The van der Waals surface area contributed by atoms with Gasteiger partial charge in [0.05, 0.1) is 12.6 Å². The first kappa shape index (κ1) is 14.3. The number of aliphatic hydroxyl groups excluding tert-OH is 1. The van der Waals surface area contributed by atoms with Crippen LogP contribution in [-0.4, -0.2) is 40.8 Å². The van der Waals surface area contributed by atoms with Gasteiger partial charge in [-0.15, -0.1) is 0 Å². The van der Waals surface area contributed by atoms with E-state index in [4.69, 9.17) is 0 Å². The summed E-state index contributed by atoms with van der Waals surface area (Å²) in [5.74, 6) is 2.51. The van der Waals surface area contributed by atoms with Crippen LogP contribution < -0.4 is 10.2 Å². The van der Waals surface area contributed by atoms with Crippen molar-refractivity contribution in [3.05, 3.63) is 24.5 Å². The van der Waals surface area contributed by atoms with E-state index < -0.39 is 0 Å². The Morgan fingerprint density at radius 2 is 2.24 bits per heavy atom. The summed E-state index contributed by atoms with van der Waals surface area (Å²) in [5.41, 5.74) is 0. The largest absolute Gasteiger partial charge is 0.394 e. The first-order valence-corrected chi connectivity index (χ1v) is 7.95. The summed E-state index contributed by atoms with van der Waals surface area (Å²) in [6, 6.07) is 2.21. The average Bonchev–Trinajstić information content (AvgIpc) is 3.03. The molecule has 0 unspecified atom stereocenters. The molecule has 2 aliphatic rings. The molecule has 1 aliphatic carbocycles. The molecule has 5 heteroatoms. The molecule has 0 spiro atoms. The van der Waals surface area contributed by atoms with E-state index in [1.54, 1.807) is 6.33 Å². The summed E-state index contributed by atoms with van der Waals surface area (Å²) in [4.78, 5) is 10.9. The number of nitrogens with zero attached hydrogens (tertiary/aromatic N) is 3. The van der Waals surface area contributed by atoms with Crippen LogP contribution in [0.3, 0.4) is 0 Å². The molecule has 1 aromatic rings. The van der Waals surface area contributed by atoms with E-state index in [1.165, 1.54) is 12.8 Å². The van der Waals surface area contributed by atoms with Crippen molar-refractivity contribution in [2.24, 2.45) is 5.92 Å². The van der Waals surface area contributed by atoms with Gasteiger partial charge >= 0.3 is 0 Å². The third-order valence-electron chi connectivity index (χ3n) is 4.48. The number of allylic oxidation sites excluding steroid dienone is 2. The number of aromatic nitrogens is 2. The lowest BCUT2D eigenvalue weighted by molar-refractivity contribution is 0.266. The highest BCUT2D eigenvalue weighted by molar-refractivity contribution is 5.49. The number of rotatable bonds is 5. The molecule has 21 heavy (non-hydrogen) atoms. The van der Waals surface area contributed by atoms with Gasteiger partial charge in [-0.2, -0.15) is 0 Å². The first-order chi connectivity index (χ1) is 10.4. The Balaban J connectivity index is 1.61. The van der Waals surface area contributed by atoms with Crippen molar-refractivity contribution in [1.82, 2.24) is 9.97 Å². The minimum Gasteiger partial charge on any atom is -0.394 e. The highest BCUT2D eigenvalue weighted by Crippen LogP contribution is 2.25. The van der Waals surface area contributed by atoms with Crippen molar-refractivity contribution in [2.75, 3.05) is 29.9 Å². The molecule has 1 aliphatic heterocycles. The third-order valence-corrected chi connectivity index (χ3v) is 4.48. The number of hydrogen-bond donors (Lipinski definition) is 2. The smallest absolute Gasteiger partial charge is 0.134 e. The van der Waals surface area contributed by atoms with Crippen LogP contribution in [0.25, 0.3) is 0 Å². The lowest BCUT2D eigenvalue weighted by Gasteiger charge is -2.24. The van der Waals surface area contributed by atoms with Crippen molar-refractivity contribution >= 4 is 11.6 Å². The topological polar surface area (TPSA) is 61.3 Å². The van der Waals surface area contributed by atoms with Gasteiger partial charge < -0.3 is 15.3 Å². The predicted molar refractivity (Wildman–Crippen MR) is 84.5 cm³/mol. The molecule has 0 aromatic carbocycles. The number of anilines is 2. The van der Waals surface area contributed by atoms with Crippen LogP contribution in [0.2, 0.25) is 0 Å². The van der Waals surface area contributed by atoms with Crippen LogP contribution in [0, 0.1) is 5.92 Å². The summed E-state index contributed by atoms with van der Waals surface area (Å²) in [6.45, 7) is 2.13. The van der Waals surface area contributed by atoms with Gasteiger partial charge in [-0.3, -0.25) is 0 Å². The summed E-state index contributed by atoms with van der Waals surface area (Å²) >= 11 is 0. The highest BCUT2D eigenvalue weighted by atomic mass is 16.3. The van der Waals surface area contributed by atoms with Crippen LogP contribution in [0.4, 0.5) is 11.6 Å². The summed E-state index contributed by atoms with van der Waals surface area (Å²) in [5, 5.41) is 12.9. The molecule has 0 bridgehead atoms. The number of aliphatic hydroxyl groups is 1. The molecule has 1 saturated heterocycles. The van der Waals surface area contributed by atoms with E-state index in [9.17, 15) is 5.11 Å². The standard InChI is InChI=1S/C16H24N4O/c21-11-14-7-4-8-20(14)16-9-15(18-12-19-16)17-10-13-5-2-1-3-6-13/h1-2,9,12-14,21H,3-8,10-11H2,(H,17,18,19)/t13-,14-/m1/s1. The quantitative estimate of drug-likeness (QED) is 0.813. The molecule has 1 fully saturated rings. The maximum Gasteiger partial charge on any atom is 0.134 e. The van der Waals surface area contributed by atoms with Crippen molar-refractivity contribution in [2.45, 2.75) is 38.1 Å². The van der Waals surface area contributed by atoms with Crippen LogP contribution in [-0.2, 0) is 0 Å². The maximum absolute atomic E-state index is 9.43. The lowest BCUT2D eigenvalue weighted by Crippen LogP contribution is -2.32. The second kappa shape index (κ2) is 6.89. The molecular weight excluding hydrogens is 264 g/mol. The second-order valence-corrected chi connectivity index (χ2v) is 5.96. The fourth-order valence-corrected chi connectivity index (χ4v) is 3.22. The molecule has 5 nitrogen and oxygen atoms in total. The second-order valence-electron chi connectivity index (χ2n) is 5.96. The van der Waals surface area contributed by atoms with E-state index in [1.807, 2.05) is 6.07 Å². The minimum absolute atomic E-state index is 0.196. The van der Waals surface area contributed by atoms with Crippen LogP contribution in [0.5, 0.6) is 0 Å². The van der Waals surface area contributed by atoms with E-state index >= 15 is 0 Å². The minimum atomic E-state index is 0.196. The molecule has 0 amide bonds. The average molecular weight is 288 g/mol. The molecular formula is C16H24N4O. The Morgan fingerprint density at radius 1 is 1.29 bits per heavy atom. The zero-order valence-electron chi connectivity index (χ0n) is 12.4. The molecule has 2 N–H and O–H groups in total. The van der Waals surface area contributed by atoms with Gasteiger partial charge in [0.2, 0.25) is 0 Å². The fourth-order valence-electron chi connectivity index (χ4n) is 3.22. The van der Waals surface area contributed by atoms with Crippen molar-refractivity contribution in [3.63, 3.8) is 0 Å². The summed E-state index contributed by atoms with van der Waals surface area (Å²) in [7, 11) is 0. The van der Waals surface area contributed by atoms with Gasteiger partial charge in [-0.1, -0.05) is 12.2 Å². The van der Waals surface area contributed by atoms with Crippen molar-refractivity contribution in [1.29, 1.82) is 0 Å². The Morgan fingerprint density at radius 3 is 3.05 bits per heavy atom. The SMILES string of the molecule is OC[C@H]1CCCN1c1cc(NC[C@@H]2CC=CCC2)ncn1. The predicted octanol–water partition coefficient (Wildman–Crippen LogP) is 2.21. The Hall–Kier alpha value is -1.62. The van der Waals surface area contributed by atoms with Gasteiger partial charge in [0, 0.05) is 19.2 Å². The Kier molecular flexibility index (Phi) is 4.70. The highest BCUT2D eigenvalue weighted by Gasteiger charge is 2.25. The third kappa shape index (κ3) is 3.53. The van der Waals surface area contributed by atoms with Crippen molar-refractivity contribution in [3.8, 4) is 0 Å². The zero-order valence-corrected chi connectivity index (χ0v) is 12.4. The number of nitrogens with one attached hydrogen (secondary N) is 1. The van der Waals surface area contributed by atoms with Gasteiger partial charge in [-0.25, -0.2) is 9.97 Å². The monoisotopic (exact) mass is 288 g/mol. The van der Waals surface area contributed by atoms with Crippen LogP contribution >= 0.6 is 0 Å². The van der Waals surface area contributed by atoms with Gasteiger partial charge in [0.15, 0.2) is 0 Å². The molecule has 114 valence electrons. The molecule has 2 atom stereocenters. The van der Waals surface area contributed by atoms with Gasteiger partial charge in [-0.05, 0) is 38.0 Å². The Bertz CT molecular complexity index is 491. The van der Waals surface area contributed by atoms with E-state index in [0.29, 0.717) is 5.92 Å². The molecule has 3 rings (SSSR count). The summed E-state index contributed by atoms with van der Waals surface area (Å²) in [6.07, 6.45) is 11.9.